The molecule has 132 valence electrons. The van der Waals surface area contributed by atoms with Gasteiger partial charge in [0.25, 0.3) is 5.91 Å². The van der Waals surface area contributed by atoms with Crippen molar-refractivity contribution in [3.05, 3.63) is 58.3 Å². The number of amides is 1. The summed E-state index contributed by atoms with van der Waals surface area (Å²) >= 11 is 0. The molecule has 1 unspecified atom stereocenters. The number of carbonyl (C=O) groups is 2. The fraction of sp³-hybridized carbons (Fsp3) is 0.389. The van der Waals surface area contributed by atoms with Crippen LogP contribution in [0.3, 0.4) is 0 Å². The predicted molar refractivity (Wildman–Crippen MR) is 91.3 cm³/mol. The molecule has 1 atom stereocenters. The molecule has 1 amide bonds. The number of benzene rings is 1. The minimum absolute atomic E-state index is 0.254. The Bertz CT molecular complexity index is 809. The molecule has 3 rings (SSSR count). The molecule has 1 aliphatic rings. The van der Waals surface area contributed by atoms with E-state index >= 15 is 0 Å². The third-order valence-corrected chi connectivity index (χ3v) is 4.51. The van der Waals surface area contributed by atoms with Crippen LogP contribution < -0.4 is 5.69 Å². The first kappa shape index (κ1) is 17.0. The van der Waals surface area contributed by atoms with Crippen LogP contribution in [-0.4, -0.2) is 46.0 Å². The van der Waals surface area contributed by atoms with E-state index in [2.05, 4.69) is 4.98 Å². The van der Waals surface area contributed by atoms with Crippen LogP contribution in [0.5, 0.6) is 0 Å². The molecule has 0 spiro atoms. The van der Waals surface area contributed by atoms with Crippen molar-refractivity contribution in [3.63, 3.8) is 0 Å². The highest BCUT2D eigenvalue weighted by atomic mass is 16.5. The van der Waals surface area contributed by atoms with Crippen LogP contribution in [0.25, 0.3) is 0 Å². The molecule has 7 nitrogen and oxygen atoms in total. The van der Waals surface area contributed by atoms with E-state index in [1.54, 1.807) is 0 Å². The number of aromatic amines is 1. The first-order chi connectivity index (χ1) is 12.1. The predicted octanol–water partition coefficient (Wildman–Crippen LogP) is 1.39. The average Bonchev–Trinajstić information content (AvgIpc) is 3.02. The van der Waals surface area contributed by atoms with Gasteiger partial charge in [-0.1, -0.05) is 30.3 Å². The van der Waals surface area contributed by atoms with Gasteiger partial charge in [0.15, 0.2) is 0 Å². The lowest BCUT2D eigenvalue weighted by Gasteiger charge is -2.33. The zero-order valence-electron chi connectivity index (χ0n) is 14.1. The molecule has 0 saturated carbocycles. The lowest BCUT2D eigenvalue weighted by Crippen LogP contribution is -2.49. The molecular formula is C18H21N3O4. The second-order valence-electron chi connectivity index (χ2n) is 6.08. The fourth-order valence-corrected chi connectivity index (χ4v) is 3.20. The van der Waals surface area contributed by atoms with Gasteiger partial charge in [0.05, 0.1) is 13.7 Å². The van der Waals surface area contributed by atoms with Gasteiger partial charge in [-0.2, -0.15) is 0 Å². The van der Waals surface area contributed by atoms with Gasteiger partial charge in [-0.05, 0) is 24.8 Å². The van der Waals surface area contributed by atoms with Crippen LogP contribution in [0.4, 0.5) is 0 Å². The molecule has 1 aromatic carbocycles. The van der Waals surface area contributed by atoms with Crippen LogP contribution in [-0.2, 0) is 16.1 Å². The highest BCUT2D eigenvalue weighted by Crippen LogP contribution is 2.20. The summed E-state index contributed by atoms with van der Waals surface area (Å²) in [5, 5.41) is 0. The Balaban J connectivity index is 1.89. The van der Waals surface area contributed by atoms with Crippen molar-refractivity contribution in [1.29, 1.82) is 0 Å². The number of likely N-dealkylation sites (tertiary alicyclic amines) is 1. The van der Waals surface area contributed by atoms with Crippen LogP contribution in [0, 0.1) is 0 Å². The number of imidazole rings is 1. The summed E-state index contributed by atoms with van der Waals surface area (Å²) in [4.78, 5) is 41.2. The van der Waals surface area contributed by atoms with Crippen LogP contribution >= 0.6 is 0 Å². The molecule has 1 fully saturated rings. The fourth-order valence-electron chi connectivity index (χ4n) is 3.20. The number of ether oxygens (including phenoxy) is 1. The van der Waals surface area contributed by atoms with E-state index < -0.39 is 12.0 Å². The van der Waals surface area contributed by atoms with E-state index in [-0.39, 0.29) is 17.3 Å². The highest BCUT2D eigenvalue weighted by Gasteiger charge is 2.34. The lowest BCUT2D eigenvalue weighted by atomic mass is 10.0. The molecule has 0 bridgehead atoms. The number of hydrogen-bond acceptors (Lipinski definition) is 4. The molecule has 1 aliphatic heterocycles. The van der Waals surface area contributed by atoms with Gasteiger partial charge in [0, 0.05) is 12.7 Å². The molecule has 7 heteroatoms. The van der Waals surface area contributed by atoms with E-state index in [0.717, 1.165) is 18.4 Å². The summed E-state index contributed by atoms with van der Waals surface area (Å²) < 4.78 is 6.23. The van der Waals surface area contributed by atoms with Crippen molar-refractivity contribution in [2.24, 2.45) is 0 Å². The van der Waals surface area contributed by atoms with Crippen molar-refractivity contribution in [3.8, 4) is 0 Å². The number of piperidine rings is 1. The van der Waals surface area contributed by atoms with Gasteiger partial charge >= 0.3 is 11.7 Å². The zero-order valence-corrected chi connectivity index (χ0v) is 14.1. The number of esters is 1. The Morgan fingerprint density at radius 2 is 2.00 bits per heavy atom. The number of hydrogen-bond donors (Lipinski definition) is 1. The standard InChI is InChI=1S/C18H21N3O4/c1-25-17(23)14-9-5-6-10-20(14)16(22)15-11-19-18(24)21(15)12-13-7-3-2-4-8-13/h2-4,7-8,11,14H,5-6,9-10,12H2,1H3,(H,19,24). The maximum atomic E-state index is 13.0. The number of nitrogens with zero attached hydrogens (tertiary/aromatic N) is 2. The van der Waals surface area contributed by atoms with Crippen molar-refractivity contribution in [2.45, 2.75) is 31.8 Å². The third-order valence-electron chi connectivity index (χ3n) is 4.51. The van der Waals surface area contributed by atoms with Gasteiger partial charge in [0.2, 0.25) is 0 Å². The molecule has 1 aromatic heterocycles. The molecule has 2 aromatic rings. The molecule has 2 heterocycles. The van der Waals surface area contributed by atoms with Crippen LogP contribution in [0.1, 0.15) is 35.3 Å². The Labute approximate surface area is 145 Å². The summed E-state index contributed by atoms with van der Waals surface area (Å²) in [5.41, 5.74) is 0.824. The number of nitrogens with one attached hydrogen (secondary N) is 1. The van der Waals surface area contributed by atoms with E-state index in [1.807, 2.05) is 30.3 Å². The number of methoxy groups -OCH3 is 1. The third kappa shape index (κ3) is 3.50. The Hall–Kier alpha value is -2.83. The molecular weight excluding hydrogens is 322 g/mol. The maximum Gasteiger partial charge on any atom is 0.328 e. The first-order valence-electron chi connectivity index (χ1n) is 8.32. The smallest absolute Gasteiger partial charge is 0.328 e. The Morgan fingerprint density at radius 1 is 1.24 bits per heavy atom. The summed E-state index contributed by atoms with van der Waals surface area (Å²) in [6.45, 7) is 0.768. The van der Waals surface area contributed by atoms with Crippen molar-refractivity contribution < 1.29 is 14.3 Å². The van der Waals surface area contributed by atoms with E-state index in [4.69, 9.17) is 4.74 Å². The van der Waals surface area contributed by atoms with Crippen LogP contribution in [0.15, 0.2) is 41.3 Å². The molecule has 1 N–H and O–H groups in total. The Morgan fingerprint density at radius 3 is 2.72 bits per heavy atom. The minimum Gasteiger partial charge on any atom is -0.467 e. The number of H-pyrrole nitrogens is 1. The number of rotatable bonds is 4. The minimum atomic E-state index is -0.596. The summed E-state index contributed by atoms with van der Waals surface area (Å²) in [6, 6.07) is 8.85. The van der Waals surface area contributed by atoms with Crippen molar-refractivity contribution in [2.75, 3.05) is 13.7 Å². The van der Waals surface area contributed by atoms with Crippen molar-refractivity contribution in [1.82, 2.24) is 14.5 Å². The topological polar surface area (TPSA) is 84.4 Å². The van der Waals surface area contributed by atoms with E-state index in [0.29, 0.717) is 19.5 Å². The highest BCUT2D eigenvalue weighted by molar-refractivity contribution is 5.95. The summed E-state index contributed by atoms with van der Waals surface area (Å²) in [6.07, 6.45) is 3.68. The number of carbonyl (C=O) groups excluding carboxylic acids is 2. The van der Waals surface area contributed by atoms with E-state index in [9.17, 15) is 14.4 Å². The maximum absolute atomic E-state index is 13.0. The van der Waals surface area contributed by atoms with Gasteiger partial charge in [-0.25, -0.2) is 9.59 Å². The monoisotopic (exact) mass is 343 g/mol. The molecule has 0 radical (unpaired) electrons. The van der Waals surface area contributed by atoms with Gasteiger partial charge in [-0.3, -0.25) is 9.36 Å². The molecule has 25 heavy (non-hydrogen) atoms. The zero-order chi connectivity index (χ0) is 17.8. The molecule has 0 aliphatic carbocycles. The van der Waals surface area contributed by atoms with Gasteiger partial charge < -0.3 is 14.6 Å². The molecule has 1 saturated heterocycles. The van der Waals surface area contributed by atoms with Gasteiger partial charge in [0.1, 0.15) is 11.7 Å². The van der Waals surface area contributed by atoms with E-state index in [1.165, 1.54) is 22.8 Å². The largest absolute Gasteiger partial charge is 0.467 e. The number of aromatic nitrogens is 2. The second kappa shape index (κ2) is 7.38. The summed E-state index contributed by atoms with van der Waals surface area (Å²) in [7, 11) is 1.32. The van der Waals surface area contributed by atoms with Crippen LogP contribution in [0.2, 0.25) is 0 Å². The lowest BCUT2D eigenvalue weighted by molar-refractivity contribution is -0.147. The van der Waals surface area contributed by atoms with Crippen molar-refractivity contribution >= 4 is 11.9 Å². The first-order valence-corrected chi connectivity index (χ1v) is 8.32. The quantitative estimate of drug-likeness (QED) is 0.850. The normalized spacial score (nSPS) is 17.3. The SMILES string of the molecule is COC(=O)C1CCCCN1C(=O)c1c[nH]c(=O)n1Cc1ccccc1. The average molecular weight is 343 g/mol. The summed E-state index contributed by atoms with van der Waals surface area (Å²) in [5.74, 6) is -0.745. The Kier molecular flexibility index (Phi) is 5.02. The van der Waals surface area contributed by atoms with Gasteiger partial charge in [-0.15, -0.1) is 0 Å². The second-order valence-corrected chi connectivity index (χ2v) is 6.08.